The fourth-order valence-corrected chi connectivity index (χ4v) is 2.02. The zero-order valence-corrected chi connectivity index (χ0v) is 10.8. The van der Waals surface area contributed by atoms with E-state index >= 15 is 0 Å². The SMILES string of the molecule is CC1OCCC1N(C)CC(N)C(C)(C)C. The molecule has 0 aromatic heterocycles. The number of rotatable bonds is 3. The van der Waals surface area contributed by atoms with E-state index in [4.69, 9.17) is 10.5 Å². The van der Waals surface area contributed by atoms with Crippen LogP contribution in [0.1, 0.15) is 34.1 Å². The Kier molecular flexibility index (Phi) is 4.15. The molecule has 3 unspecified atom stereocenters. The highest BCUT2D eigenvalue weighted by Gasteiger charge is 2.30. The molecule has 1 saturated heterocycles. The third-order valence-corrected chi connectivity index (χ3v) is 3.50. The maximum absolute atomic E-state index is 6.18. The third-order valence-electron chi connectivity index (χ3n) is 3.50. The van der Waals surface area contributed by atoms with Gasteiger partial charge in [0, 0.05) is 25.2 Å². The first-order valence-corrected chi connectivity index (χ1v) is 5.90. The monoisotopic (exact) mass is 214 g/mol. The molecule has 0 aliphatic carbocycles. The molecule has 0 aromatic rings. The van der Waals surface area contributed by atoms with E-state index in [1.807, 2.05) is 0 Å². The van der Waals surface area contributed by atoms with Gasteiger partial charge in [0.15, 0.2) is 0 Å². The van der Waals surface area contributed by atoms with Gasteiger partial charge in [-0.05, 0) is 25.8 Å². The summed E-state index contributed by atoms with van der Waals surface area (Å²) in [5.41, 5.74) is 6.36. The third kappa shape index (κ3) is 3.44. The summed E-state index contributed by atoms with van der Waals surface area (Å²) >= 11 is 0. The molecule has 3 atom stereocenters. The van der Waals surface area contributed by atoms with Gasteiger partial charge in [-0.15, -0.1) is 0 Å². The van der Waals surface area contributed by atoms with Gasteiger partial charge in [0.1, 0.15) is 0 Å². The van der Waals surface area contributed by atoms with Crippen molar-refractivity contribution in [2.24, 2.45) is 11.1 Å². The van der Waals surface area contributed by atoms with E-state index in [0.29, 0.717) is 12.1 Å². The summed E-state index contributed by atoms with van der Waals surface area (Å²) in [4.78, 5) is 2.35. The van der Waals surface area contributed by atoms with Gasteiger partial charge in [-0.1, -0.05) is 20.8 Å². The standard InChI is InChI=1S/C12H26N2O/c1-9-10(6-7-15-9)14(5)8-11(13)12(2,3)4/h9-11H,6-8,13H2,1-5H3. The highest BCUT2D eigenvalue weighted by molar-refractivity contribution is 4.85. The lowest BCUT2D eigenvalue weighted by Gasteiger charge is -2.34. The van der Waals surface area contributed by atoms with E-state index in [9.17, 15) is 0 Å². The molecule has 0 spiro atoms. The summed E-state index contributed by atoms with van der Waals surface area (Å²) in [7, 11) is 2.15. The van der Waals surface area contributed by atoms with Gasteiger partial charge in [-0.25, -0.2) is 0 Å². The number of nitrogens with two attached hydrogens (primary N) is 1. The summed E-state index contributed by atoms with van der Waals surface area (Å²) in [5.74, 6) is 0. The van der Waals surface area contributed by atoms with Crippen LogP contribution in [-0.4, -0.2) is 43.3 Å². The molecule has 0 amide bonds. The van der Waals surface area contributed by atoms with E-state index in [0.717, 1.165) is 19.6 Å². The average molecular weight is 214 g/mol. The first kappa shape index (κ1) is 12.9. The maximum Gasteiger partial charge on any atom is 0.0702 e. The van der Waals surface area contributed by atoms with E-state index in [1.165, 1.54) is 0 Å². The van der Waals surface area contributed by atoms with Crippen LogP contribution in [0.3, 0.4) is 0 Å². The molecule has 3 nitrogen and oxygen atoms in total. The summed E-state index contributed by atoms with van der Waals surface area (Å²) < 4.78 is 5.57. The molecule has 3 heteroatoms. The smallest absolute Gasteiger partial charge is 0.0702 e. The lowest BCUT2D eigenvalue weighted by atomic mass is 9.87. The van der Waals surface area contributed by atoms with Crippen molar-refractivity contribution in [1.82, 2.24) is 4.90 Å². The van der Waals surface area contributed by atoms with Crippen molar-refractivity contribution >= 4 is 0 Å². The molecule has 1 aliphatic rings. The van der Waals surface area contributed by atoms with Crippen molar-refractivity contribution in [3.8, 4) is 0 Å². The van der Waals surface area contributed by atoms with Crippen LogP contribution in [-0.2, 0) is 4.74 Å². The van der Waals surface area contributed by atoms with Crippen LogP contribution in [0.4, 0.5) is 0 Å². The minimum absolute atomic E-state index is 0.178. The van der Waals surface area contributed by atoms with Gasteiger partial charge < -0.3 is 10.5 Å². The number of hydrogen-bond donors (Lipinski definition) is 1. The minimum atomic E-state index is 0.178. The average Bonchev–Trinajstić information content (AvgIpc) is 2.49. The van der Waals surface area contributed by atoms with Gasteiger partial charge in [-0.2, -0.15) is 0 Å². The van der Waals surface area contributed by atoms with Crippen molar-refractivity contribution in [2.75, 3.05) is 20.2 Å². The molecule has 15 heavy (non-hydrogen) atoms. The van der Waals surface area contributed by atoms with E-state index in [-0.39, 0.29) is 11.5 Å². The summed E-state index contributed by atoms with van der Waals surface area (Å²) in [5, 5.41) is 0. The predicted molar refractivity (Wildman–Crippen MR) is 63.9 cm³/mol. The second-order valence-corrected chi connectivity index (χ2v) is 5.84. The molecule has 1 aliphatic heterocycles. The topological polar surface area (TPSA) is 38.5 Å². The lowest BCUT2D eigenvalue weighted by molar-refractivity contribution is 0.0765. The Hall–Kier alpha value is -0.120. The van der Waals surface area contributed by atoms with Gasteiger partial charge in [0.2, 0.25) is 0 Å². The van der Waals surface area contributed by atoms with Crippen molar-refractivity contribution in [1.29, 1.82) is 0 Å². The predicted octanol–water partition coefficient (Wildman–Crippen LogP) is 1.47. The van der Waals surface area contributed by atoms with Crippen molar-refractivity contribution in [2.45, 2.75) is 52.3 Å². The zero-order chi connectivity index (χ0) is 11.6. The Morgan fingerprint density at radius 2 is 2.07 bits per heavy atom. The van der Waals surface area contributed by atoms with Crippen molar-refractivity contribution in [3.63, 3.8) is 0 Å². The Labute approximate surface area is 94.0 Å². The van der Waals surface area contributed by atoms with Crippen molar-refractivity contribution < 1.29 is 4.74 Å². The molecule has 90 valence electrons. The van der Waals surface area contributed by atoms with Gasteiger partial charge in [-0.3, -0.25) is 4.90 Å². The second kappa shape index (κ2) is 4.81. The highest BCUT2D eigenvalue weighted by Crippen LogP contribution is 2.22. The van der Waals surface area contributed by atoms with Crippen molar-refractivity contribution in [3.05, 3.63) is 0 Å². The molecule has 0 bridgehead atoms. The minimum Gasteiger partial charge on any atom is -0.377 e. The van der Waals surface area contributed by atoms with Gasteiger partial charge >= 0.3 is 0 Å². The van der Waals surface area contributed by atoms with Gasteiger partial charge in [0.25, 0.3) is 0 Å². The zero-order valence-electron chi connectivity index (χ0n) is 10.8. The summed E-state index contributed by atoms with van der Waals surface area (Å²) in [6.07, 6.45) is 1.48. The van der Waals surface area contributed by atoms with E-state index in [2.05, 4.69) is 39.6 Å². The number of ether oxygens (including phenoxy) is 1. The first-order valence-electron chi connectivity index (χ1n) is 5.90. The largest absolute Gasteiger partial charge is 0.377 e. The molecular formula is C12H26N2O. The van der Waals surface area contributed by atoms with Crippen LogP contribution in [0.2, 0.25) is 0 Å². The van der Waals surface area contributed by atoms with Crippen LogP contribution in [0, 0.1) is 5.41 Å². The number of hydrogen-bond acceptors (Lipinski definition) is 3. The van der Waals surface area contributed by atoms with Crippen LogP contribution < -0.4 is 5.73 Å². The molecule has 2 N–H and O–H groups in total. The lowest BCUT2D eigenvalue weighted by Crippen LogP contribution is -2.48. The number of nitrogens with zero attached hydrogens (tertiary/aromatic N) is 1. The van der Waals surface area contributed by atoms with Gasteiger partial charge in [0.05, 0.1) is 6.10 Å². The molecular weight excluding hydrogens is 188 g/mol. The van der Waals surface area contributed by atoms with E-state index in [1.54, 1.807) is 0 Å². The fourth-order valence-electron chi connectivity index (χ4n) is 2.02. The maximum atomic E-state index is 6.18. The Morgan fingerprint density at radius 1 is 1.47 bits per heavy atom. The van der Waals surface area contributed by atoms with Crippen LogP contribution in [0.5, 0.6) is 0 Å². The quantitative estimate of drug-likeness (QED) is 0.773. The molecule has 1 rings (SSSR count). The molecule has 1 fully saturated rings. The van der Waals surface area contributed by atoms with E-state index < -0.39 is 0 Å². The molecule has 0 aromatic carbocycles. The Balaban J connectivity index is 2.44. The summed E-state index contributed by atoms with van der Waals surface area (Å²) in [6, 6.07) is 0.758. The Bertz CT molecular complexity index is 200. The molecule has 0 radical (unpaired) electrons. The number of likely N-dealkylation sites (N-methyl/N-ethyl adjacent to an activating group) is 1. The second-order valence-electron chi connectivity index (χ2n) is 5.84. The highest BCUT2D eigenvalue weighted by atomic mass is 16.5. The van der Waals surface area contributed by atoms with Crippen LogP contribution >= 0.6 is 0 Å². The molecule has 0 saturated carbocycles. The normalized spacial score (nSPS) is 29.8. The van der Waals surface area contributed by atoms with Crippen LogP contribution in [0.15, 0.2) is 0 Å². The Morgan fingerprint density at radius 3 is 2.47 bits per heavy atom. The first-order chi connectivity index (χ1) is 6.82. The summed E-state index contributed by atoms with van der Waals surface area (Å²) in [6.45, 7) is 10.6. The van der Waals surface area contributed by atoms with Crippen LogP contribution in [0.25, 0.3) is 0 Å². The fraction of sp³-hybridized carbons (Fsp3) is 1.00. The molecule has 1 heterocycles.